The lowest BCUT2D eigenvalue weighted by Crippen LogP contribution is -2.38. The summed E-state index contributed by atoms with van der Waals surface area (Å²) in [5.74, 6) is 0. The summed E-state index contributed by atoms with van der Waals surface area (Å²) in [6.45, 7) is 14.5. The van der Waals surface area contributed by atoms with Crippen molar-refractivity contribution in [3.63, 3.8) is 0 Å². The molecule has 1 atom stereocenters. The van der Waals surface area contributed by atoms with E-state index in [9.17, 15) is 9.90 Å². The molecule has 0 aromatic rings. The van der Waals surface area contributed by atoms with Crippen molar-refractivity contribution in [1.82, 2.24) is 4.90 Å². The van der Waals surface area contributed by atoms with Crippen LogP contribution in [-0.2, 0) is 4.74 Å². The molecule has 0 saturated carbocycles. The van der Waals surface area contributed by atoms with Crippen LogP contribution in [-0.4, -0.2) is 40.9 Å². The van der Waals surface area contributed by atoms with E-state index in [1.807, 2.05) is 48.5 Å². The molecule has 0 saturated heterocycles. The third-order valence-electron chi connectivity index (χ3n) is 2.24. The fraction of sp³-hybridized carbons (Fsp3) is 0.929. The molecule has 1 unspecified atom stereocenters. The molecule has 1 amide bonds. The Morgan fingerprint density at radius 3 is 2.11 bits per heavy atom. The van der Waals surface area contributed by atoms with E-state index in [-0.39, 0.29) is 12.2 Å². The van der Waals surface area contributed by atoms with Crippen molar-refractivity contribution >= 4 is 6.09 Å². The van der Waals surface area contributed by atoms with Gasteiger partial charge in [-0.3, -0.25) is 0 Å². The van der Waals surface area contributed by atoms with Gasteiger partial charge in [-0.15, -0.1) is 0 Å². The van der Waals surface area contributed by atoms with Crippen molar-refractivity contribution in [3.05, 3.63) is 0 Å². The first-order valence-electron chi connectivity index (χ1n) is 6.96. The Labute approximate surface area is 112 Å². The number of hydrogen-bond acceptors (Lipinski definition) is 3. The third-order valence-corrected chi connectivity index (χ3v) is 2.24. The van der Waals surface area contributed by atoms with Gasteiger partial charge in [-0.1, -0.05) is 20.8 Å². The quantitative estimate of drug-likeness (QED) is 0.825. The minimum Gasteiger partial charge on any atom is -0.444 e. The highest BCUT2D eigenvalue weighted by Gasteiger charge is 2.21. The van der Waals surface area contributed by atoms with E-state index in [1.165, 1.54) is 0 Å². The van der Waals surface area contributed by atoms with Crippen molar-refractivity contribution in [2.75, 3.05) is 13.1 Å². The van der Waals surface area contributed by atoms with E-state index in [1.54, 1.807) is 4.90 Å². The highest BCUT2D eigenvalue weighted by molar-refractivity contribution is 5.68. The van der Waals surface area contributed by atoms with E-state index in [0.717, 1.165) is 0 Å². The Morgan fingerprint density at radius 2 is 1.78 bits per heavy atom. The van der Waals surface area contributed by atoms with Crippen molar-refractivity contribution in [2.45, 2.75) is 73.0 Å². The van der Waals surface area contributed by atoms with Crippen LogP contribution in [0.4, 0.5) is 4.79 Å². The summed E-state index contributed by atoms with van der Waals surface area (Å²) in [6.07, 6.45) is 0.671. The first-order valence-corrected chi connectivity index (χ1v) is 6.96. The van der Waals surface area contributed by atoms with E-state index >= 15 is 0 Å². The number of amides is 1. The molecule has 0 fully saturated rings. The molecule has 0 radical (unpaired) electrons. The second kappa shape index (κ2) is 10.2. The van der Waals surface area contributed by atoms with Crippen LogP contribution in [0.25, 0.3) is 0 Å². The number of rotatable bonds is 5. The van der Waals surface area contributed by atoms with Crippen molar-refractivity contribution in [2.24, 2.45) is 0 Å². The van der Waals surface area contributed by atoms with Gasteiger partial charge < -0.3 is 14.7 Å². The molecule has 0 aromatic carbocycles. The van der Waals surface area contributed by atoms with Gasteiger partial charge in [0, 0.05) is 13.1 Å². The zero-order valence-corrected chi connectivity index (χ0v) is 13.1. The SMILES string of the molecule is CC.CCC(O)CCN(CC)C(=O)OC(C)(C)C. The average molecular weight is 261 g/mol. The second-order valence-electron chi connectivity index (χ2n) is 4.91. The fourth-order valence-electron chi connectivity index (χ4n) is 1.21. The van der Waals surface area contributed by atoms with Crippen LogP contribution in [0.3, 0.4) is 0 Å². The van der Waals surface area contributed by atoms with Crippen LogP contribution in [0.15, 0.2) is 0 Å². The van der Waals surface area contributed by atoms with Gasteiger partial charge in [0.1, 0.15) is 5.60 Å². The lowest BCUT2D eigenvalue weighted by molar-refractivity contribution is 0.0232. The molecule has 110 valence electrons. The lowest BCUT2D eigenvalue weighted by atomic mass is 10.2. The first kappa shape index (κ1) is 19.6. The van der Waals surface area contributed by atoms with Crippen molar-refractivity contribution in [1.29, 1.82) is 0 Å². The van der Waals surface area contributed by atoms with Crippen LogP contribution < -0.4 is 0 Å². The maximum Gasteiger partial charge on any atom is 0.410 e. The van der Waals surface area contributed by atoms with Crippen LogP contribution in [0, 0.1) is 0 Å². The zero-order chi connectivity index (χ0) is 14.8. The molecule has 1 N–H and O–H groups in total. The van der Waals surface area contributed by atoms with Crippen molar-refractivity contribution in [3.8, 4) is 0 Å². The molecular weight excluding hydrogens is 230 g/mol. The van der Waals surface area contributed by atoms with E-state index in [2.05, 4.69) is 0 Å². The Kier molecular flexibility index (Phi) is 11.1. The molecule has 18 heavy (non-hydrogen) atoms. The third kappa shape index (κ3) is 10.4. The summed E-state index contributed by atoms with van der Waals surface area (Å²) >= 11 is 0. The Bertz CT molecular complexity index is 212. The van der Waals surface area contributed by atoms with Crippen LogP contribution in [0.1, 0.15) is 61.3 Å². The number of hydrogen-bond donors (Lipinski definition) is 1. The molecule has 4 heteroatoms. The van der Waals surface area contributed by atoms with E-state index < -0.39 is 5.60 Å². The molecule has 0 aliphatic heterocycles. The molecule has 0 heterocycles. The number of aliphatic hydroxyl groups is 1. The van der Waals surface area contributed by atoms with Gasteiger partial charge in [-0.05, 0) is 40.5 Å². The predicted molar refractivity (Wildman–Crippen MR) is 75.7 cm³/mol. The predicted octanol–water partition coefficient (Wildman–Crippen LogP) is 3.43. The first-order chi connectivity index (χ1) is 8.30. The van der Waals surface area contributed by atoms with E-state index in [0.29, 0.717) is 25.9 Å². The smallest absolute Gasteiger partial charge is 0.410 e. The highest BCUT2D eigenvalue weighted by atomic mass is 16.6. The minimum atomic E-state index is -0.464. The molecule has 0 spiro atoms. The van der Waals surface area contributed by atoms with Gasteiger partial charge in [0.2, 0.25) is 0 Å². The highest BCUT2D eigenvalue weighted by Crippen LogP contribution is 2.10. The van der Waals surface area contributed by atoms with E-state index in [4.69, 9.17) is 4.74 Å². The summed E-state index contributed by atoms with van der Waals surface area (Å²) in [5.41, 5.74) is -0.464. The Balaban J connectivity index is 0. The number of carbonyl (C=O) groups excluding carboxylic acids is 1. The van der Waals surface area contributed by atoms with Crippen LogP contribution in [0.2, 0.25) is 0 Å². The summed E-state index contributed by atoms with van der Waals surface area (Å²) in [4.78, 5) is 13.3. The summed E-state index contributed by atoms with van der Waals surface area (Å²) in [6, 6.07) is 0. The van der Waals surface area contributed by atoms with Crippen LogP contribution in [0.5, 0.6) is 0 Å². The minimum absolute atomic E-state index is 0.307. The van der Waals surface area contributed by atoms with Gasteiger partial charge in [-0.25, -0.2) is 4.79 Å². The average Bonchev–Trinajstić information content (AvgIpc) is 2.29. The summed E-state index contributed by atoms with van der Waals surface area (Å²) in [7, 11) is 0. The number of carbonyl (C=O) groups is 1. The molecular formula is C14H31NO3. The summed E-state index contributed by atoms with van der Waals surface area (Å²) in [5, 5.41) is 9.44. The lowest BCUT2D eigenvalue weighted by Gasteiger charge is -2.27. The van der Waals surface area contributed by atoms with Crippen LogP contribution >= 0.6 is 0 Å². The zero-order valence-electron chi connectivity index (χ0n) is 13.1. The molecule has 0 aliphatic rings. The Morgan fingerprint density at radius 1 is 1.28 bits per heavy atom. The van der Waals surface area contributed by atoms with Gasteiger partial charge in [0.25, 0.3) is 0 Å². The number of aliphatic hydroxyl groups excluding tert-OH is 1. The number of nitrogens with zero attached hydrogens (tertiary/aromatic N) is 1. The normalized spacial score (nSPS) is 12.2. The molecule has 4 nitrogen and oxygen atoms in total. The van der Waals surface area contributed by atoms with Crippen molar-refractivity contribution < 1.29 is 14.6 Å². The number of ether oxygens (including phenoxy) is 1. The van der Waals surface area contributed by atoms with Gasteiger partial charge in [0.15, 0.2) is 0 Å². The topological polar surface area (TPSA) is 49.8 Å². The molecule has 0 bridgehead atoms. The Hall–Kier alpha value is -0.770. The second-order valence-corrected chi connectivity index (χ2v) is 4.91. The molecule has 0 aliphatic carbocycles. The van der Waals surface area contributed by atoms with Gasteiger partial charge >= 0.3 is 6.09 Å². The largest absolute Gasteiger partial charge is 0.444 e. The fourth-order valence-corrected chi connectivity index (χ4v) is 1.21. The standard InChI is InChI=1S/C12H25NO3.C2H6/c1-6-10(14)8-9-13(7-2)11(15)16-12(3,4)5;1-2/h10,14H,6-9H2,1-5H3;1-2H3. The van der Waals surface area contributed by atoms with Gasteiger partial charge in [-0.2, -0.15) is 0 Å². The maximum absolute atomic E-state index is 11.7. The monoisotopic (exact) mass is 261 g/mol. The van der Waals surface area contributed by atoms with Gasteiger partial charge in [0.05, 0.1) is 6.10 Å². The maximum atomic E-state index is 11.7. The summed E-state index contributed by atoms with van der Waals surface area (Å²) < 4.78 is 5.26. The molecule has 0 aromatic heterocycles. The molecule has 0 rings (SSSR count).